The third-order valence-corrected chi connectivity index (χ3v) is 9.32. The fourth-order valence-electron chi connectivity index (χ4n) is 5.28. The molecule has 1 saturated carbocycles. The first kappa shape index (κ1) is 24.4. The Labute approximate surface area is 211 Å². The van der Waals surface area contributed by atoms with Gasteiger partial charge in [-0.15, -0.1) is 0 Å². The Kier molecular flexibility index (Phi) is 7.57. The molecular weight excluding hydrogens is 469 g/mol. The lowest BCUT2D eigenvalue weighted by Gasteiger charge is -2.42. The molecule has 1 aliphatic carbocycles. The van der Waals surface area contributed by atoms with E-state index in [0.29, 0.717) is 15.5 Å². The summed E-state index contributed by atoms with van der Waals surface area (Å²) in [4.78, 5) is 13.3. The van der Waals surface area contributed by atoms with Crippen LogP contribution >= 0.6 is 35.0 Å². The van der Waals surface area contributed by atoms with E-state index in [0.717, 1.165) is 46.0 Å². The van der Waals surface area contributed by atoms with Gasteiger partial charge in [0.15, 0.2) is 0 Å². The minimum atomic E-state index is 0. The van der Waals surface area contributed by atoms with Gasteiger partial charge in [-0.25, -0.2) is 9.97 Å². The normalized spacial score (nSPS) is 19.5. The van der Waals surface area contributed by atoms with Crippen molar-refractivity contribution in [3.63, 3.8) is 0 Å². The number of hydrogen-bond donors (Lipinski definition) is 0. The molecule has 0 unspecified atom stereocenters. The highest BCUT2D eigenvalue weighted by atomic mass is 35.5. The van der Waals surface area contributed by atoms with Crippen molar-refractivity contribution >= 4 is 40.8 Å². The summed E-state index contributed by atoms with van der Waals surface area (Å²) in [5.41, 5.74) is 2.49. The van der Waals surface area contributed by atoms with Gasteiger partial charge in [0.1, 0.15) is 16.5 Å². The highest BCUT2D eigenvalue weighted by Crippen LogP contribution is 2.50. The Morgan fingerprint density at radius 1 is 1.00 bits per heavy atom. The smallest absolute Gasteiger partial charge is 0.147 e. The van der Waals surface area contributed by atoms with Crippen molar-refractivity contribution in [1.82, 2.24) is 9.97 Å². The number of anilines is 1. The van der Waals surface area contributed by atoms with E-state index in [1.165, 1.54) is 43.9 Å². The highest BCUT2D eigenvalue weighted by molar-refractivity contribution is 7.99. The van der Waals surface area contributed by atoms with Crippen LogP contribution in [0.4, 0.5) is 5.82 Å². The molecule has 1 saturated heterocycles. The van der Waals surface area contributed by atoms with Gasteiger partial charge in [-0.1, -0.05) is 98.6 Å². The molecule has 5 rings (SSSR count). The van der Waals surface area contributed by atoms with E-state index in [2.05, 4.69) is 24.0 Å². The van der Waals surface area contributed by atoms with Gasteiger partial charge >= 0.3 is 0 Å². The van der Waals surface area contributed by atoms with Crippen LogP contribution in [0.15, 0.2) is 64.6 Å². The van der Waals surface area contributed by atoms with E-state index in [-0.39, 0.29) is 7.43 Å². The second-order valence-electron chi connectivity index (χ2n) is 9.04. The van der Waals surface area contributed by atoms with Crippen molar-refractivity contribution in [2.75, 3.05) is 18.0 Å². The molecule has 33 heavy (non-hydrogen) atoms. The first-order valence-corrected chi connectivity index (χ1v) is 12.9. The topological polar surface area (TPSA) is 29.0 Å². The Bertz CT molecular complexity index is 1100. The Morgan fingerprint density at radius 2 is 1.76 bits per heavy atom. The van der Waals surface area contributed by atoms with E-state index >= 15 is 0 Å². The molecule has 1 aromatic heterocycles. The molecule has 3 nitrogen and oxygen atoms in total. The van der Waals surface area contributed by atoms with Crippen molar-refractivity contribution in [2.24, 2.45) is 11.3 Å². The van der Waals surface area contributed by atoms with Gasteiger partial charge in [-0.2, -0.15) is 0 Å². The monoisotopic (exact) mass is 499 g/mol. The molecule has 0 bridgehead atoms. The molecule has 1 spiro atoms. The SMILES string of the molecule is C.C[C@@H]1CCCC12CCN(c1cnc(Sc3cccc(Cl)c3Cl)c(-c3ccccc3)n1)CC2. The largest absolute Gasteiger partial charge is 0.355 e. The van der Waals surface area contributed by atoms with Crippen LogP contribution in [0.25, 0.3) is 11.3 Å². The zero-order chi connectivity index (χ0) is 22.1. The molecule has 2 aliphatic rings. The number of nitrogens with zero attached hydrogens (tertiary/aromatic N) is 3. The molecule has 0 amide bonds. The molecule has 3 aromatic rings. The average molecular weight is 501 g/mol. The van der Waals surface area contributed by atoms with Crippen LogP contribution in [-0.4, -0.2) is 23.1 Å². The van der Waals surface area contributed by atoms with Gasteiger partial charge in [-0.05, 0) is 42.7 Å². The number of piperidine rings is 1. The summed E-state index contributed by atoms with van der Waals surface area (Å²) in [6.07, 6.45) is 8.59. The lowest BCUT2D eigenvalue weighted by atomic mass is 9.71. The predicted octanol–water partition coefficient (Wildman–Crippen LogP) is 8.64. The lowest BCUT2D eigenvalue weighted by Crippen LogP contribution is -2.41. The van der Waals surface area contributed by atoms with Gasteiger partial charge < -0.3 is 4.90 Å². The standard InChI is InChI=1S/C26H27Cl2N3S.CH4/c1-18-7-6-12-26(18)13-15-31(16-14-26)22-17-29-25(24(30-22)19-8-3-2-4-9-19)32-21-11-5-10-20(27)23(21)28;/h2-5,8-11,17-18H,6-7,12-16H2,1H3;1H4/t18-;/m1./s1. The van der Waals surface area contributed by atoms with Crippen LogP contribution < -0.4 is 4.90 Å². The van der Waals surface area contributed by atoms with Crippen LogP contribution in [0.5, 0.6) is 0 Å². The predicted molar refractivity (Wildman–Crippen MR) is 142 cm³/mol. The van der Waals surface area contributed by atoms with E-state index in [1.807, 2.05) is 36.5 Å². The van der Waals surface area contributed by atoms with Gasteiger partial charge in [0.05, 0.1) is 16.2 Å². The van der Waals surface area contributed by atoms with Gasteiger partial charge in [0.25, 0.3) is 0 Å². The molecule has 1 atom stereocenters. The Balaban J connectivity index is 0.00000259. The second-order valence-corrected chi connectivity index (χ2v) is 10.9. The summed E-state index contributed by atoms with van der Waals surface area (Å²) in [5, 5.41) is 1.93. The molecule has 0 radical (unpaired) electrons. The number of rotatable bonds is 4. The second kappa shape index (κ2) is 10.2. The lowest BCUT2D eigenvalue weighted by molar-refractivity contribution is 0.161. The minimum Gasteiger partial charge on any atom is -0.355 e. The van der Waals surface area contributed by atoms with Crippen LogP contribution in [0.1, 0.15) is 46.5 Å². The van der Waals surface area contributed by atoms with Gasteiger partial charge in [0, 0.05) is 23.5 Å². The van der Waals surface area contributed by atoms with Crippen molar-refractivity contribution in [3.05, 3.63) is 64.8 Å². The summed E-state index contributed by atoms with van der Waals surface area (Å²) in [6.45, 7) is 4.56. The third-order valence-electron chi connectivity index (χ3n) is 7.34. The Morgan fingerprint density at radius 3 is 2.45 bits per heavy atom. The summed E-state index contributed by atoms with van der Waals surface area (Å²) in [7, 11) is 0. The number of hydrogen-bond acceptors (Lipinski definition) is 4. The van der Waals surface area contributed by atoms with Gasteiger partial charge in [0.2, 0.25) is 0 Å². The van der Waals surface area contributed by atoms with Crippen molar-refractivity contribution < 1.29 is 0 Å². The van der Waals surface area contributed by atoms with Crippen molar-refractivity contribution in [2.45, 2.75) is 56.4 Å². The molecule has 0 N–H and O–H groups in total. The average Bonchev–Trinajstić information content (AvgIpc) is 3.17. The fourth-order valence-corrected chi connectivity index (χ4v) is 6.68. The summed E-state index contributed by atoms with van der Waals surface area (Å²) in [6, 6.07) is 16.0. The molecule has 2 fully saturated rings. The van der Waals surface area contributed by atoms with Crippen LogP contribution in [-0.2, 0) is 0 Å². The van der Waals surface area contributed by atoms with E-state index < -0.39 is 0 Å². The van der Waals surface area contributed by atoms with E-state index in [1.54, 1.807) is 6.07 Å². The molecule has 1 aliphatic heterocycles. The molecule has 2 heterocycles. The first-order chi connectivity index (χ1) is 15.6. The minimum absolute atomic E-state index is 0. The van der Waals surface area contributed by atoms with Gasteiger partial charge in [-0.3, -0.25) is 0 Å². The fraction of sp³-hybridized carbons (Fsp3) is 0.407. The summed E-state index contributed by atoms with van der Waals surface area (Å²) >= 11 is 14.2. The maximum absolute atomic E-state index is 6.46. The van der Waals surface area contributed by atoms with E-state index in [4.69, 9.17) is 33.2 Å². The van der Waals surface area contributed by atoms with Crippen molar-refractivity contribution in [1.29, 1.82) is 0 Å². The molecule has 6 heteroatoms. The number of halogens is 2. The number of aromatic nitrogens is 2. The Hall–Kier alpha value is -1.75. The first-order valence-electron chi connectivity index (χ1n) is 11.3. The third kappa shape index (κ3) is 4.89. The highest BCUT2D eigenvalue weighted by Gasteiger charge is 2.42. The van der Waals surface area contributed by atoms with E-state index in [9.17, 15) is 0 Å². The molecule has 2 aromatic carbocycles. The zero-order valence-electron chi connectivity index (χ0n) is 18.2. The van der Waals surface area contributed by atoms with Crippen molar-refractivity contribution in [3.8, 4) is 11.3 Å². The van der Waals surface area contributed by atoms with Crippen LogP contribution in [0.3, 0.4) is 0 Å². The molecular formula is C27H31Cl2N3S. The number of benzene rings is 2. The summed E-state index contributed by atoms with van der Waals surface area (Å²) in [5.74, 6) is 1.81. The summed E-state index contributed by atoms with van der Waals surface area (Å²) < 4.78 is 0. The van der Waals surface area contributed by atoms with Crippen LogP contribution in [0.2, 0.25) is 10.0 Å². The quantitative estimate of drug-likeness (QED) is 0.359. The zero-order valence-corrected chi connectivity index (χ0v) is 20.6. The van der Waals surface area contributed by atoms with Crippen LogP contribution in [0, 0.1) is 11.3 Å². The maximum Gasteiger partial charge on any atom is 0.147 e. The molecule has 174 valence electrons. The maximum atomic E-state index is 6.46.